The summed E-state index contributed by atoms with van der Waals surface area (Å²) in [7, 11) is 0. The van der Waals surface area contributed by atoms with Crippen LogP contribution in [0.1, 0.15) is 20.8 Å². The lowest BCUT2D eigenvalue weighted by atomic mass is 10.0. The van der Waals surface area contributed by atoms with Crippen LogP contribution in [0.2, 0.25) is 0 Å². The molecule has 0 radical (unpaired) electrons. The van der Waals surface area contributed by atoms with Gasteiger partial charge in [0.2, 0.25) is 0 Å². The van der Waals surface area contributed by atoms with E-state index < -0.39 is 28.7 Å². The fourth-order valence-electron chi connectivity index (χ4n) is 0.845. The summed E-state index contributed by atoms with van der Waals surface area (Å²) in [5, 5.41) is 1.56. The third kappa shape index (κ3) is 3.40. The van der Waals surface area contributed by atoms with Gasteiger partial charge in [0, 0.05) is 5.54 Å². The van der Waals surface area contributed by atoms with Crippen molar-refractivity contribution in [3.05, 3.63) is 0 Å². The van der Waals surface area contributed by atoms with Crippen molar-refractivity contribution in [3.63, 3.8) is 0 Å². The van der Waals surface area contributed by atoms with Gasteiger partial charge in [0.15, 0.2) is 0 Å². The number of hydrogen-bond donors (Lipinski definition) is 1. The molecule has 9 heteroatoms. The van der Waals surface area contributed by atoms with E-state index in [1.54, 1.807) is 5.32 Å². The van der Waals surface area contributed by atoms with E-state index >= 15 is 0 Å². The Labute approximate surface area is 98.3 Å². The van der Waals surface area contributed by atoms with E-state index in [-0.39, 0.29) is 0 Å². The SMILES string of the molecule is CC(C)(C)NC(=O)C(Cl)(C(F)(F)F)C(F)(F)F. The highest BCUT2D eigenvalue weighted by Gasteiger charge is 2.75. The van der Waals surface area contributed by atoms with E-state index in [2.05, 4.69) is 11.6 Å². The van der Waals surface area contributed by atoms with Crippen LogP contribution in [0.5, 0.6) is 0 Å². The zero-order valence-electron chi connectivity index (χ0n) is 9.05. The molecule has 0 spiro atoms. The summed E-state index contributed by atoms with van der Waals surface area (Å²) >= 11 is 4.49. The van der Waals surface area contributed by atoms with E-state index in [1.807, 2.05) is 0 Å². The normalized spacial score (nSPS) is 14.7. The number of alkyl halides is 7. The van der Waals surface area contributed by atoms with Gasteiger partial charge in [-0.25, -0.2) is 0 Å². The topological polar surface area (TPSA) is 29.1 Å². The molecule has 0 aromatic heterocycles. The third-order valence-electron chi connectivity index (χ3n) is 1.58. The van der Waals surface area contributed by atoms with Crippen LogP contribution in [-0.4, -0.2) is 28.7 Å². The van der Waals surface area contributed by atoms with Crippen molar-refractivity contribution in [2.45, 2.75) is 43.5 Å². The van der Waals surface area contributed by atoms with Crippen molar-refractivity contribution in [1.29, 1.82) is 0 Å². The summed E-state index contributed by atoms with van der Waals surface area (Å²) in [4.78, 5) is 6.15. The van der Waals surface area contributed by atoms with Gasteiger partial charge in [0.1, 0.15) is 0 Å². The standard InChI is InChI=1S/C8H10ClF6NO/c1-5(2,3)16-4(17)6(9,7(10,11)12)8(13,14)15/h1-3H3,(H,16,17). The number of hydrogen-bond acceptors (Lipinski definition) is 1. The smallest absolute Gasteiger partial charge is 0.349 e. The molecule has 1 amide bonds. The predicted molar refractivity (Wildman–Crippen MR) is 48.6 cm³/mol. The molecule has 0 aliphatic heterocycles. The van der Waals surface area contributed by atoms with E-state index in [9.17, 15) is 31.1 Å². The highest BCUT2D eigenvalue weighted by atomic mass is 35.5. The molecule has 2 nitrogen and oxygen atoms in total. The molecule has 0 unspecified atom stereocenters. The Morgan fingerprint density at radius 1 is 0.941 bits per heavy atom. The van der Waals surface area contributed by atoms with Crippen LogP contribution in [0.25, 0.3) is 0 Å². The Kier molecular flexibility index (Phi) is 4.06. The number of halogens is 7. The zero-order valence-corrected chi connectivity index (χ0v) is 9.81. The second-order valence-electron chi connectivity index (χ2n) is 4.36. The summed E-state index contributed by atoms with van der Waals surface area (Å²) in [6.07, 6.45) is -11.9. The molecule has 0 rings (SSSR count). The first kappa shape index (κ1) is 16.3. The number of amides is 1. The van der Waals surface area contributed by atoms with Crippen molar-refractivity contribution in [2.75, 3.05) is 0 Å². The molecule has 0 aromatic carbocycles. The number of nitrogens with one attached hydrogen (secondary N) is 1. The second-order valence-corrected chi connectivity index (χ2v) is 4.93. The van der Waals surface area contributed by atoms with Crippen LogP contribution in [0, 0.1) is 0 Å². The summed E-state index contributed by atoms with van der Waals surface area (Å²) in [6, 6.07) is 0. The van der Waals surface area contributed by atoms with Gasteiger partial charge in [-0.2, -0.15) is 26.3 Å². The molecule has 0 aliphatic carbocycles. The van der Waals surface area contributed by atoms with E-state index in [0.717, 1.165) is 0 Å². The van der Waals surface area contributed by atoms with Gasteiger partial charge < -0.3 is 5.32 Å². The van der Waals surface area contributed by atoms with Gasteiger partial charge in [-0.15, -0.1) is 0 Å². The molecule has 0 heterocycles. The lowest BCUT2D eigenvalue weighted by molar-refractivity contribution is -0.260. The quantitative estimate of drug-likeness (QED) is 0.582. The molecular formula is C8H10ClF6NO. The fourth-order valence-corrected chi connectivity index (χ4v) is 0.892. The minimum absolute atomic E-state index is 1.23. The van der Waals surface area contributed by atoms with Crippen molar-refractivity contribution >= 4 is 17.5 Å². The number of carbonyl (C=O) groups is 1. The Balaban J connectivity index is 5.46. The maximum Gasteiger partial charge on any atom is 0.425 e. The van der Waals surface area contributed by atoms with Crippen molar-refractivity contribution in [3.8, 4) is 0 Å². The first-order chi connectivity index (χ1) is 7.13. The predicted octanol–water partition coefficient (Wildman–Crippen LogP) is 3.00. The molecule has 0 bridgehead atoms. The van der Waals surface area contributed by atoms with Gasteiger partial charge in [-0.1, -0.05) is 11.6 Å². The molecule has 1 N–H and O–H groups in total. The molecule has 102 valence electrons. The monoisotopic (exact) mass is 285 g/mol. The van der Waals surface area contributed by atoms with Crippen LogP contribution >= 0.6 is 11.6 Å². The van der Waals surface area contributed by atoms with Crippen LogP contribution in [0.3, 0.4) is 0 Å². The Hall–Kier alpha value is -0.660. The van der Waals surface area contributed by atoms with E-state index in [4.69, 9.17) is 0 Å². The summed E-state index contributed by atoms with van der Waals surface area (Å²) < 4.78 is 73.9. The maximum absolute atomic E-state index is 12.3. The minimum atomic E-state index is -5.94. The molecule has 0 atom stereocenters. The summed E-state index contributed by atoms with van der Waals surface area (Å²) in [6.45, 7) is 3.69. The Bertz CT molecular complexity index is 289. The molecule has 0 saturated carbocycles. The average molecular weight is 286 g/mol. The zero-order chi connectivity index (χ0) is 14.3. The average Bonchev–Trinajstić information content (AvgIpc) is 1.94. The van der Waals surface area contributed by atoms with Gasteiger partial charge in [-0.05, 0) is 20.8 Å². The van der Waals surface area contributed by atoms with Crippen LogP contribution in [0.15, 0.2) is 0 Å². The third-order valence-corrected chi connectivity index (χ3v) is 2.18. The van der Waals surface area contributed by atoms with E-state index in [0.29, 0.717) is 0 Å². The molecule has 0 saturated heterocycles. The molecular weight excluding hydrogens is 276 g/mol. The highest BCUT2D eigenvalue weighted by molar-refractivity contribution is 6.36. The van der Waals surface area contributed by atoms with Crippen molar-refractivity contribution in [2.24, 2.45) is 0 Å². The van der Waals surface area contributed by atoms with Gasteiger partial charge in [0.25, 0.3) is 5.91 Å². The lowest BCUT2D eigenvalue weighted by Crippen LogP contribution is -2.64. The van der Waals surface area contributed by atoms with Crippen LogP contribution < -0.4 is 5.32 Å². The van der Waals surface area contributed by atoms with Gasteiger partial charge in [-0.3, -0.25) is 4.79 Å². The first-order valence-electron chi connectivity index (χ1n) is 4.28. The van der Waals surface area contributed by atoms with Crippen LogP contribution in [-0.2, 0) is 4.79 Å². The van der Waals surface area contributed by atoms with Gasteiger partial charge in [0.05, 0.1) is 0 Å². The summed E-state index contributed by atoms with van der Waals surface area (Å²) in [5.41, 5.74) is -1.27. The molecule has 0 aromatic rings. The summed E-state index contributed by atoms with van der Waals surface area (Å²) in [5.74, 6) is -2.34. The molecule has 0 fully saturated rings. The second kappa shape index (κ2) is 4.22. The van der Waals surface area contributed by atoms with Gasteiger partial charge >= 0.3 is 17.2 Å². The van der Waals surface area contributed by atoms with Crippen LogP contribution in [0.4, 0.5) is 26.3 Å². The largest absolute Gasteiger partial charge is 0.425 e. The Morgan fingerprint density at radius 3 is 1.41 bits per heavy atom. The maximum atomic E-state index is 12.3. The highest BCUT2D eigenvalue weighted by Crippen LogP contribution is 2.48. The molecule has 17 heavy (non-hydrogen) atoms. The van der Waals surface area contributed by atoms with E-state index in [1.165, 1.54) is 20.8 Å². The molecule has 0 aliphatic rings. The van der Waals surface area contributed by atoms with Crippen molar-refractivity contribution in [1.82, 2.24) is 5.32 Å². The lowest BCUT2D eigenvalue weighted by Gasteiger charge is -2.33. The fraction of sp³-hybridized carbons (Fsp3) is 0.875. The first-order valence-corrected chi connectivity index (χ1v) is 4.65. The number of rotatable bonds is 1. The minimum Gasteiger partial charge on any atom is -0.349 e. The van der Waals surface area contributed by atoms with Crippen molar-refractivity contribution < 1.29 is 31.1 Å². The number of carbonyl (C=O) groups excluding carboxylic acids is 1. The Morgan fingerprint density at radius 2 is 1.24 bits per heavy atom.